The molecule has 1 aliphatic rings. The van der Waals surface area contributed by atoms with Crippen LogP contribution in [0.25, 0.3) is 0 Å². The van der Waals surface area contributed by atoms with E-state index in [9.17, 15) is 9.59 Å². The Bertz CT molecular complexity index is 265. The minimum atomic E-state index is -0.128. The number of ether oxygens (including phenoxy) is 1. The normalized spacial score (nSPS) is 24.0. The van der Waals surface area contributed by atoms with Gasteiger partial charge in [-0.2, -0.15) is 0 Å². The zero-order valence-corrected chi connectivity index (χ0v) is 12.0. The molecule has 0 amide bonds. The molecule has 1 rings (SSSR count). The van der Waals surface area contributed by atoms with Crippen LogP contribution in [0.1, 0.15) is 51.4 Å². The van der Waals surface area contributed by atoms with E-state index in [1.165, 1.54) is 7.11 Å². The van der Waals surface area contributed by atoms with Crippen molar-refractivity contribution in [2.45, 2.75) is 56.2 Å². The Hall–Kier alpha value is -0.380. The third kappa shape index (κ3) is 5.19. The van der Waals surface area contributed by atoms with Crippen molar-refractivity contribution in [3.8, 4) is 0 Å². The number of unbranched alkanes of at least 4 members (excludes halogenated alkanes) is 3. The minimum Gasteiger partial charge on any atom is -0.469 e. The molecule has 0 spiro atoms. The van der Waals surface area contributed by atoms with E-state index in [1.807, 2.05) is 0 Å². The molecule has 17 heavy (non-hydrogen) atoms. The standard InChI is InChI=1S/C13H21BrO3/c1-17-13(16)7-5-3-2-4-6-10-11(14)8-9-12(10)15/h10-11H,2-9H2,1H3. The van der Waals surface area contributed by atoms with Crippen molar-refractivity contribution in [2.75, 3.05) is 7.11 Å². The summed E-state index contributed by atoms with van der Waals surface area (Å²) in [5, 5.41) is 0. The summed E-state index contributed by atoms with van der Waals surface area (Å²) in [5.41, 5.74) is 0. The van der Waals surface area contributed by atoms with Crippen LogP contribution in [0.2, 0.25) is 0 Å². The molecule has 0 aromatic rings. The Balaban J connectivity index is 2.00. The van der Waals surface area contributed by atoms with Crippen molar-refractivity contribution in [2.24, 2.45) is 5.92 Å². The number of Topliss-reactive ketones (excluding diaryl/α,β-unsaturated/α-hetero) is 1. The molecule has 0 aromatic heterocycles. The zero-order chi connectivity index (χ0) is 12.7. The van der Waals surface area contributed by atoms with Crippen molar-refractivity contribution >= 4 is 27.7 Å². The van der Waals surface area contributed by atoms with Gasteiger partial charge in [-0.25, -0.2) is 0 Å². The van der Waals surface area contributed by atoms with E-state index in [1.54, 1.807) is 0 Å². The van der Waals surface area contributed by atoms with Crippen LogP contribution in [-0.2, 0) is 14.3 Å². The summed E-state index contributed by atoms with van der Waals surface area (Å²) in [7, 11) is 1.42. The van der Waals surface area contributed by atoms with Crippen LogP contribution in [0.5, 0.6) is 0 Å². The summed E-state index contributed by atoms with van der Waals surface area (Å²) >= 11 is 3.57. The Morgan fingerprint density at radius 3 is 2.65 bits per heavy atom. The molecular weight excluding hydrogens is 284 g/mol. The summed E-state index contributed by atoms with van der Waals surface area (Å²) < 4.78 is 4.58. The highest BCUT2D eigenvalue weighted by molar-refractivity contribution is 9.09. The van der Waals surface area contributed by atoms with E-state index in [-0.39, 0.29) is 11.9 Å². The van der Waals surface area contributed by atoms with Gasteiger partial charge < -0.3 is 4.74 Å². The highest BCUT2D eigenvalue weighted by atomic mass is 79.9. The molecule has 1 fully saturated rings. The minimum absolute atomic E-state index is 0.128. The Labute approximate surface area is 111 Å². The van der Waals surface area contributed by atoms with Gasteiger partial charge in [0.1, 0.15) is 5.78 Å². The van der Waals surface area contributed by atoms with E-state index in [4.69, 9.17) is 0 Å². The van der Waals surface area contributed by atoms with Crippen LogP contribution in [0.4, 0.5) is 0 Å². The quantitative estimate of drug-likeness (QED) is 0.412. The van der Waals surface area contributed by atoms with E-state index >= 15 is 0 Å². The molecule has 3 nitrogen and oxygen atoms in total. The van der Waals surface area contributed by atoms with Gasteiger partial charge in [-0.05, 0) is 19.3 Å². The molecule has 0 aromatic carbocycles. The van der Waals surface area contributed by atoms with Gasteiger partial charge in [0.2, 0.25) is 0 Å². The van der Waals surface area contributed by atoms with Gasteiger partial charge in [0, 0.05) is 23.6 Å². The second kappa shape index (κ2) is 7.85. The first kappa shape index (κ1) is 14.7. The maximum absolute atomic E-state index is 11.5. The number of hydrogen-bond donors (Lipinski definition) is 0. The van der Waals surface area contributed by atoms with Crippen LogP contribution in [0, 0.1) is 5.92 Å². The van der Waals surface area contributed by atoms with Gasteiger partial charge in [-0.3, -0.25) is 9.59 Å². The number of carbonyl (C=O) groups is 2. The first-order chi connectivity index (χ1) is 8.15. The van der Waals surface area contributed by atoms with Crippen molar-refractivity contribution in [3.05, 3.63) is 0 Å². The summed E-state index contributed by atoms with van der Waals surface area (Å²) in [4.78, 5) is 22.8. The lowest BCUT2D eigenvalue weighted by atomic mass is 9.98. The fourth-order valence-electron chi connectivity index (χ4n) is 2.30. The SMILES string of the molecule is COC(=O)CCCCCCC1C(=O)CCC1Br. The predicted octanol–water partition coefficient (Wildman–Crippen LogP) is 3.24. The molecule has 1 aliphatic carbocycles. The zero-order valence-electron chi connectivity index (χ0n) is 10.4. The highest BCUT2D eigenvalue weighted by Crippen LogP contribution is 2.32. The average molecular weight is 305 g/mol. The number of carbonyl (C=O) groups excluding carboxylic acids is 2. The Morgan fingerprint density at radius 2 is 2.06 bits per heavy atom. The lowest BCUT2D eigenvalue weighted by Gasteiger charge is -2.11. The highest BCUT2D eigenvalue weighted by Gasteiger charge is 2.31. The molecule has 0 N–H and O–H groups in total. The lowest BCUT2D eigenvalue weighted by molar-refractivity contribution is -0.140. The summed E-state index contributed by atoms with van der Waals surface area (Å²) in [5.74, 6) is 0.522. The number of ketones is 1. The molecular formula is C13H21BrO3. The number of methoxy groups -OCH3 is 1. The van der Waals surface area contributed by atoms with Gasteiger partial charge in [0.05, 0.1) is 7.11 Å². The van der Waals surface area contributed by atoms with E-state index in [0.717, 1.165) is 44.9 Å². The van der Waals surface area contributed by atoms with Gasteiger partial charge in [-0.1, -0.05) is 35.2 Å². The molecule has 0 heterocycles. The number of halogens is 1. The fourth-order valence-corrected chi connectivity index (χ4v) is 3.09. The van der Waals surface area contributed by atoms with E-state index in [2.05, 4.69) is 20.7 Å². The first-order valence-electron chi connectivity index (χ1n) is 6.38. The van der Waals surface area contributed by atoms with Gasteiger partial charge in [-0.15, -0.1) is 0 Å². The molecule has 98 valence electrons. The molecule has 2 atom stereocenters. The predicted molar refractivity (Wildman–Crippen MR) is 70.2 cm³/mol. The number of hydrogen-bond acceptors (Lipinski definition) is 3. The molecule has 0 bridgehead atoms. The second-order valence-corrected chi connectivity index (χ2v) is 5.83. The van der Waals surface area contributed by atoms with Crippen LogP contribution >= 0.6 is 15.9 Å². The van der Waals surface area contributed by atoms with Gasteiger partial charge >= 0.3 is 5.97 Å². The van der Waals surface area contributed by atoms with Crippen molar-refractivity contribution in [3.63, 3.8) is 0 Å². The molecule has 0 aliphatic heterocycles. The van der Waals surface area contributed by atoms with Crippen LogP contribution in [0.15, 0.2) is 0 Å². The van der Waals surface area contributed by atoms with Crippen molar-refractivity contribution in [1.29, 1.82) is 0 Å². The number of alkyl halides is 1. The van der Waals surface area contributed by atoms with E-state index < -0.39 is 0 Å². The van der Waals surface area contributed by atoms with Crippen LogP contribution in [0.3, 0.4) is 0 Å². The fraction of sp³-hybridized carbons (Fsp3) is 0.846. The van der Waals surface area contributed by atoms with Gasteiger partial charge in [0.25, 0.3) is 0 Å². The summed E-state index contributed by atoms with van der Waals surface area (Å²) in [6, 6.07) is 0. The first-order valence-corrected chi connectivity index (χ1v) is 7.30. The molecule has 2 unspecified atom stereocenters. The average Bonchev–Trinajstić information content (AvgIpc) is 2.64. The Morgan fingerprint density at radius 1 is 1.35 bits per heavy atom. The summed E-state index contributed by atoms with van der Waals surface area (Å²) in [6.07, 6.45) is 7.35. The van der Waals surface area contributed by atoms with Crippen molar-refractivity contribution < 1.29 is 14.3 Å². The van der Waals surface area contributed by atoms with Crippen LogP contribution in [-0.4, -0.2) is 23.7 Å². The summed E-state index contributed by atoms with van der Waals surface area (Å²) in [6.45, 7) is 0. The number of rotatable bonds is 7. The topological polar surface area (TPSA) is 43.4 Å². The third-order valence-corrected chi connectivity index (χ3v) is 4.49. The number of esters is 1. The van der Waals surface area contributed by atoms with Crippen molar-refractivity contribution in [1.82, 2.24) is 0 Å². The van der Waals surface area contributed by atoms with Crippen LogP contribution < -0.4 is 0 Å². The molecule has 0 radical (unpaired) electrons. The molecule has 4 heteroatoms. The monoisotopic (exact) mass is 304 g/mol. The smallest absolute Gasteiger partial charge is 0.305 e. The second-order valence-electron chi connectivity index (χ2n) is 4.66. The largest absolute Gasteiger partial charge is 0.469 e. The maximum Gasteiger partial charge on any atom is 0.305 e. The lowest BCUT2D eigenvalue weighted by Crippen LogP contribution is -2.14. The maximum atomic E-state index is 11.5. The molecule has 0 saturated heterocycles. The molecule has 1 saturated carbocycles. The van der Waals surface area contributed by atoms with Gasteiger partial charge in [0.15, 0.2) is 0 Å². The third-order valence-electron chi connectivity index (χ3n) is 3.39. The Kier molecular flexibility index (Phi) is 6.78. The van der Waals surface area contributed by atoms with E-state index in [0.29, 0.717) is 17.0 Å².